The van der Waals surface area contributed by atoms with Crippen molar-refractivity contribution in [2.24, 2.45) is 4.74 Å². The minimum absolute atomic E-state index is 0.243. The highest BCUT2D eigenvalue weighted by Gasteiger charge is 2.39. The Morgan fingerprint density at radius 1 is 0.800 bits per heavy atom. The molecule has 5 heteroatoms. The third kappa shape index (κ3) is 4.35. The van der Waals surface area contributed by atoms with Gasteiger partial charge in [0.15, 0.2) is 7.28 Å². The van der Waals surface area contributed by atoms with Gasteiger partial charge in [-0.15, -0.1) is 0 Å². The van der Waals surface area contributed by atoms with Gasteiger partial charge < -0.3 is 9.09 Å². The molecule has 1 atom stereocenters. The van der Waals surface area contributed by atoms with E-state index in [1.54, 1.807) is 0 Å². The fourth-order valence-corrected chi connectivity index (χ4v) is 8.02. The smallest absolute Gasteiger partial charge is 0.173 e. The van der Waals surface area contributed by atoms with Gasteiger partial charge in [-0.25, -0.2) is 4.74 Å². The van der Waals surface area contributed by atoms with E-state index < -0.39 is 7.28 Å². The minimum Gasteiger partial charge on any atom is -0.455 e. The molecule has 0 N–H and O–H groups in total. The van der Waals surface area contributed by atoms with Gasteiger partial charge in [0.05, 0.1) is 5.69 Å². The Kier molecular flexibility index (Phi) is 6.38. The number of rotatable bonds is 5. The van der Waals surface area contributed by atoms with Gasteiger partial charge in [-0.2, -0.15) is 0 Å². The fraction of sp³-hybridized carbons (Fsp3) is 0.200. The molecule has 0 radical (unpaired) electrons. The van der Waals surface area contributed by atoms with E-state index in [9.17, 15) is 0 Å². The first-order chi connectivity index (χ1) is 16.8. The predicted molar refractivity (Wildman–Crippen MR) is 155 cm³/mol. The largest absolute Gasteiger partial charge is 0.455 e. The molecule has 0 aliphatic heterocycles. The lowest BCUT2D eigenvalue weighted by Crippen LogP contribution is -2.27. The van der Waals surface area contributed by atoms with Crippen molar-refractivity contribution in [1.82, 2.24) is 4.57 Å². The monoisotopic (exact) mass is 544 g/mol. The number of hydrogen-bond donors (Lipinski definition) is 0. The molecular weight excluding hydrogens is 515 g/mol. The van der Waals surface area contributed by atoms with Gasteiger partial charge in [-0.1, -0.05) is 73.1 Å². The van der Waals surface area contributed by atoms with Crippen LogP contribution in [0.4, 0.5) is 5.69 Å². The molecule has 0 aliphatic carbocycles. The number of benzene rings is 4. The second-order valence-corrected chi connectivity index (χ2v) is 14.0. The average molecular weight is 545 g/mol. The van der Waals surface area contributed by atoms with E-state index in [-0.39, 0.29) is 5.16 Å². The van der Waals surface area contributed by atoms with Crippen LogP contribution in [0.15, 0.2) is 106 Å². The van der Waals surface area contributed by atoms with Crippen LogP contribution >= 0.6 is 23.2 Å². The van der Waals surface area contributed by atoms with Gasteiger partial charge >= 0.3 is 0 Å². The third-order valence-corrected chi connectivity index (χ3v) is 10.7. The summed E-state index contributed by atoms with van der Waals surface area (Å²) in [4.78, 5) is 0. The van der Waals surface area contributed by atoms with E-state index in [2.05, 4.69) is 103 Å². The van der Waals surface area contributed by atoms with Crippen molar-refractivity contribution in [2.75, 3.05) is 0 Å². The van der Waals surface area contributed by atoms with Crippen LogP contribution in [-0.2, 0) is 6.54 Å². The average Bonchev–Trinajstić information content (AvgIpc) is 3.18. The highest BCUT2D eigenvalue weighted by molar-refractivity contribution is 9.10. The Hall–Kier alpha value is -2.81. The molecule has 35 heavy (non-hydrogen) atoms. The van der Waals surface area contributed by atoms with Crippen LogP contribution in [0.5, 0.6) is 5.75 Å². The molecule has 1 aromatic heterocycles. The first kappa shape index (κ1) is 23.9. The van der Waals surface area contributed by atoms with E-state index in [4.69, 9.17) is 9.27 Å². The normalized spacial score (nSPS) is 13.6. The van der Waals surface area contributed by atoms with Gasteiger partial charge in [0.1, 0.15) is 5.75 Å². The summed E-state index contributed by atoms with van der Waals surface area (Å²) in [5.41, 5.74) is 3.44. The molecule has 0 amide bonds. The highest BCUT2D eigenvalue weighted by atomic mass is 79.9. The van der Waals surface area contributed by atoms with Crippen LogP contribution in [0.2, 0.25) is 0 Å². The van der Waals surface area contributed by atoms with Gasteiger partial charge in [-0.3, -0.25) is 0 Å². The van der Waals surface area contributed by atoms with Gasteiger partial charge in [0.25, 0.3) is 0 Å². The second-order valence-electron chi connectivity index (χ2n) is 9.69. The van der Waals surface area contributed by atoms with Gasteiger partial charge in [0, 0.05) is 43.3 Å². The predicted octanol–water partition coefficient (Wildman–Crippen LogP) is 9.53. The Morgan fingerprint density at radius 2 is 1.46 bits per heavy atom. The topological polar surface area (TPSA) is 26.5 Å². The Morgan fingerprint density at radius 3 is 2.14 bits per heavy atom. The lowest BCUT2D eigenvalue weighted by molar-refractivity contribution is 0.571. The number of fused-ring (bicyclic) bond motifs is 3. The number of hydrogen-bond acceptors (Lipinski definition) is 2. The van der Waals surface area contributed by atoms with E-state index in [0.29, 0.717) is 0 Å². The lowest BCUT2D eigenvalue weighted by atomic mass is 10.1. The summed E-state index contributed by atoms with van der Waals surface area (Å²) in [5.74, 6) is 0.826. The zero-order valence-electron chi connectivity index (χ0n) is 20.6. The summed E-state index contributed by atoms with van der Waals surface area (Å²) in [6.07, 6.45) is 0. The summed E-state index contributed by atoms with van der Waals surface area (Å²) in [7, 11) is -2.57. The summed E-state index contributed by atoms with van der Waals surface area (Å²) < 4.78 is 15.9. The van der Waals surface area contributed by atoms with Gasteiger partial charge in [0.2, 0.25) is 0 Å². The Bertz CT molecular complexity index is 1550. The minimum atomic E-state index is -2.57. The molecule has 0 spiro atoms. The molecule has 0 saturated heterocycles. The molecule has 0 fully saturated rings. The maximum Gasteiger partial charge on any atom is 0.173 e. The molecule has 0 bridgehead atoms. The van der Waals surface area contributed by atoms with E-state index in [1.807, 2.05) is 42.5 Å². The van der Waals surface area contributed by atoms with Crippen LogP contribution in [0.25, 0.3) is 21.8 Å². The lowest BCUT2D eigenvalue weighted by Gasteiger charge is -2.37. The Balaban J connectivity index is 1.83. The molecule has 4 aromatic carbocycles. The van der Waals surface area contributed by atoms with Crippen molar-refractivity contribution in [1.29, 1.82) is 0 Å². The molecule has 3 nitrogen and oxygen atoms in total. The summed E-state index contributed by atoms with van der Waals surface area (Å²) >= 11 is 3.55. The molecule has 5 rings (SSSR count). The summed E-state index contributed by atoms with van der Waals surface area (Å²) in [6, 6.07) is 33.8. The zero-order chi connectivity index (χ0) is 24.6. The molecule has 1 heterocycles. The van der Waals surface area contributed by atoms with Crippen LogP contribution in [0.3, 0.4) is 0 Å². The quantitative estimate of drug-likeness (QED) is 0.202. The number of nitrogens with zero attached hydrogens (tertiary/aromatic N) is 2. The van der Waals surface area contributed by atoms with Crippen LogP contribution in [0.1, 0.15) is 27.7 Å². The molecule has 0 aliphatic rings. The van der Waals surface area contributed by atoms with E-state index in [0.717, 1.165) is 27.8 Å². The van der Waals surface area contributed by atoms with Crippen LogP contribution in [-0.4, -0.2) is 9.72 Å². The molecule has 178 valence electrons. The van der Waals surface area contributed by atoms with Crippen LogP contribution < -0.4 is 9.83 Å². The zero-order valence-corrected chi connectivity index (χ0v) is 23.1. The highest BCUT2D eigenvalue weighted by Crippen LogP contribution is 2.62. The maximum absolute atomic E-state index is 7.02. The molecular formula is C30H30BrN2OP. The van der Waals surface area contributed by atoms with E-state index in [1.165, 1.54) is 21.8 Å². The molecule has 0 unspecified atom stereocenters. The first-order valence-corrected chi connectivity index (χ1v) is 14.4. The second kappa shape index (κ2) is 9.33. The van der Waals surface area contributed by atoms with Crippen molar-refractivity contribution < 1.29 is 4.52 Å². The Labute approximate surface area is 216 Å². The van der Waals surface area contributed by atoms with Crippen molar-refractivity contribution in [3.05, 3.63) is 102 Å². The first-order valence-electron chi connectivity index (χ1n) is 12.0. The molecule has 0 saturated carbocycles. The van der Waals surface area contributed by atoms with Crippen molar-refractivity contribution >= 4 is 56.0 Å². The number of halogens is 1. The number of aryl methyl sites for hydroxylation is 1. The number of aromatic nitrogens is 1. The number of para-hydroxylation sites is 1. The van der Waals surface area contributed by atoms with Gasteiger partial charge in [-0.05, 0) is 67.6 Å². The maximum atomic E-state index is 7.02. The molecule has 5 aromatic rings. The summed E-state index contributed by atoms with van der Waals surface area (Å²) in [6.45, 7) is 9.85. The summed E-state index contributed by atoms with van der Waals surface area (Å²) in [5, 5.41) is 3.41. The van der Waals surface area contributed by atoms with E-state index >= 15 is 0 Å². The fourth-order valence-electron chi connectivity index (χ4n) is 4.68. The van der Waals surface area contributed by atoms with Crippen LogP contribution in [0, 0.1) is 0 Å². The standard InChI is InChI=1S/C30H30BrN2OP/c1-5-33-28-14-10-9-13-26(28)27-21-25(19-20-29(27)33)35(30(2,3)4,32-23-11-7-6-8-12-23)34-24-17-15-22(31)16-18-24/h6-21H,5H2,1-4H3/t35-/m0/s1. The SMILES string of the molecule is CCn1c2ccccc2c2cc([P@](=Nc3ccccc3)(Oc3ccc(Br)cc3)C(C)(C)C)ccc21. The van der Waals surface area contributed by atoms with Crippen molar-refractivity contribution in [3.63, 3.8) is 0 Å². The third-order valence-electron chi connectivity index (χ3n) is 6.40. The van der Waals surface area contributed by atoms with Crippen molar-refractivity contribution in [3.8, 4) is 5.75 Å². The van der Waals surface area contributed by atoms with Crippen molar-refractivity contribution in [2.45, 2.75) is 39.4 Å².